The molecule has 0 saturated carbocycles. The van der Waals surface area contributed by atoms with Crippen molar-refractivity contribution in [3.8, 4) is 17.0 Å². The largest absolute Gasteiger partial charge is 0.497 e. The van der Waals surface area contributed by atoms with Crippen LogP contribution in [-0.2, 0) is 0 Å². The Kier molecular flexibility index (Phi) is 5.87. The Morgan fingerprint density at radius 1 is 1.21 bits per heavy atom. The molecule has 4 rings (SSSR count). The van der Waals surface area contributed by atoms with Crippen LogP contribution >= 0.6 is 11.3 Å². The molecule has 1 fully saturated rings. The van der Waals surface area contributed by atoms with Crippen LogP contribution in [0.25, 0.3) is 11.3 Å². The van der Waals surface area contributed by atoms with Gasteiger partial charge in [-0.25, -0.2) is 4.98 Å². The lowest BCUT2D eigenvalue weighted by atomic mass is 10.0. The second-order valence-corrected chi connectivity index (χ2v) is 8.13. The van der Waals surface area contributed by atoms with E-state index in [-0.39, 0.29) is 11.9 Å². The van der Waals surface area contributed by atoms with Crippen LogP contribution in [0.1, 0.15) is 22.5 Å². The first kappa shape index (κ1) is 19.5. The van der Waals surface area contributed by atoms with Crippen molar-refractivity contribution in [1.29, 1.82) is 0 Å². The summed E-state index contributed by atoms with van der Waals surface area (Å²) in [5, 5.41) is 1.93. The molecule has 0 bridgehead atoms. The SMILES string of the molecule is COc1cccc(-c2cncc(N(C(=O)c3cccs3)C3CCN(C)CC3)n2)c1. The summed E-state index contributed by atoms with van der Waals surface area (Å²) < 4.78 is 5.33. The first-order valence-electron chi connectivity index (χ1n) is 9.68. The fraction of sp³-hybridized carbons (Fsp3) is 0.318. The standard InChI is InChI=1S/C22H24N4O2S/c1-25-10-8-17(9-11-25)26(22(27)20-7-4-12-29-20)21-15-23-14-19(24-21)16-5-3-6-18(13-16)28-2/h3-7,12-15,17H,8-11H2,1-2H3. The van der Waals surface area contributed by atoms with Crippen molar-refractivity contribution < 1.29 is 9.53 Å². The highest BCUT2D eigenvalue weighted by Gasteiger charge is 2.30. The second-order valence-electron chi connectivity index (χ2n) is 7.18. The lowest BCUT2D eigenvalue weighted by molar-refractivity contribution is 0.0966. The van der Waals surface area contributed by atoms with Crippen LogP contribution < -0.4 is 9.64 Å². The molecular formula is C22H24N4O2S. The number of rotatable bonds is 5. The van der Waals surface area contributed by atoms with Gasteiger partial charge in [0.25, 0.3) is 5.91 Å². The first-order chi connectivity index (χ1) is 14.2. The molecule has 29 heavy (non-hydrogen) atoms. The van der Waals surface area contributed by atoms with Crippen molar-refractivity contribution in [2.75, 3.05) is 32.1 Å². The molecule has 1 aliphatic heterocycles. The number of ether oxygens (including phenoxy) is 1. The average molecular weight is 409 g/mol. The van der Waals surface area contributed by atoms with E-state index in [1.165, 1.54) is 11.3 Å². The number of hydrogen-bond donors (Lipinski definition) is 0. The maximum Gasteiger partial charge on any atom is 0.269 e. The fourth-order valence-corrected chi connectivity index (χ4v) is 4.28. The number of carbonyl (C=O) groups excluding carboxylic acids is 1. The summed E-state index contributed by atoms with van der Waals surface area (Å²) in [6.45, 7) is 1.92. The van der Waals surface area contributed by atoms with Crippen LogP contribution in [-0.4, -0.2) is 54.1 Å². The molecule has 0 spiro atoms. The molecule has 3 aromatic rings. The van der Waals surface area contributed by atoms with Gasteiger partial charge in [-0.15, -0.1) is 11.3 Å². The smallest absolute Gasteiger partial charge is 0.269 e. The Balaban J connectivity index is 1.71. The van der Waals surface area contributed by atoms with E-state index in [0.29, 0.717) is 5.82 Å². The maximum absolute atomic E-state index is 13.4. The van der Waals surface area contributed by atoms with Crippen LogP contribution in [0.3, 0.4) is 0 Å². The van der Waals surface area contributed by atoms with Crippen LogP contribution in [0.4, 0.5) is 5.82 Å². The number of likely N-dealkylation sites (tertiary alicyclic amines) is 1. The second kappa shape index (κ2) is 8.71. The molecule has 1 saturated heterocycles. The van der Waals surface area contributed by atoms with Crippen molar-refractivity contribution in [3.05, 3.63) is 59.0 Å². The molecule has 6 nitrogen and oxygen atoms in total. The highest BCUT2D eigenvalue weighted by molar-refractivity contribution is 7.12. The number of piperidine rings is 1. The average Bonchev–Trinajstić information content (AvgIpc) is 3.30. The molecular weight excluding hydrogens is 384 g/mol. The molecule has 0 unspecified atom stereocenters. The van der Waals surface area contributed by atoms with Gasteiger partial charge >= 0.3 is 0 Å². The van der Waals surface area contributed by atoms with E-state index in [2.05, 4.69) is 16.9 Å². The molecule has 1 amide bonds. The molecule has 0 atom stereocenters. The first-order valence-corrected chi connectivity index (χ1v) is 10.6. The summed E-state index contributed by atoms with van der Waals surface area (Å²) in [6.07, 6.45) is 5.24. The van der Waals surface area contributed by atoms with E-state index in [1.54, 1.807) is 19.5 Å². The maximum atomic E-state index is 13.4. The van der Waals surface area contributed by atoms with Gasteiger partial charge in [0.15, 0.2) is 5.82 Å². The van der Waals surface area contributed by atoms with Crippen molar-refractivity contribution >= 4 is 23.1 Å². The summed E-state index contributed by atoms with van der Waals surface area (Å²) in [5.74, 6) is 1.35. The van der Waals surface area contributed by atoms with Crippen LogP contribution in [0.2, 0.25) is 0 Å². The third-order valence-electron chi connectivity index (χ3n) is 5.24. The molecule has 0 radical (unpaired) electrons. The summed E-state index contributed by atoms with van der Waals surface area (Å²) in [7, 11) is 3.76. The van der Waals surface area contributed by atoms with Gasteiger partial charge in [0.1, 0.15) is 5.75 Å². The predicted molar refractivity (Wildman–Crippen MR) is 116 cm³/mol. The Morgan fingerprint density at radius 3 is 2.76 bits per heavy atom. The van der Waals surface area contributed by atoms with E-state index in [4.69, 9.17) is 9.72 Å². The molecule has 7 heteroatoms. The Hall–Kier alpha value is -2.77. The quantitative estimate of drug-likeness (QED) is 0.640. The number of nitrogens with zero attached hydrogens (tertiary/aromatic N) is 4. The number of aromatic nitrogens is 2. The highest BCUT2D eigenvalue weighted by Crippen LogP contribution is 2.28. The zero-order valence-corrected chi connectivity index (χ0v) is 17.4. The van der Waals surface area contributed by atoms with Crippen LogP contribution in [0, 0.1) is 0 Å². The molecule has 0 N–H and O–H groups in total. The molecule has 1 aliphatic rings. The highest BCUT2D eigenvalue weighted by atomic mass is 32.1. The zero-order chi connectivity index (χ0) is 20.2. The van der Waals surface area contributed by atoms with Gasteiger partial charge in [-0.3, -0.25) is 14.7 Å². The monoisotopic (exact) mass is 408 g/mol. The minimum absolute atomic E-state index is 0.00774. The van der Waals surface area contributed by atoms with E-state index in [0.717, 1.165) is 47.8 Å². The lowest BCUT2D eigenvalue weighted by Crippen LogP contribution is -2.47. The zero-order valence-electron chi connectivity index (χ0n) is 16.6. The third kappa shape index (κ3) is 4.31. The summed E-state index contributed by atoms with van der Waals surface area (Å²) in [5.41, 5.74) is 1.63. The molecule has 0 aliphatic carbocycles. The normalized spacial score (nSPS) is 15.2. The molecule has 3 heterocycles. The number of methoxy groups -OCH3 is 1. The lowest BCUT2D eigenvalue weighted by Gasteiger charge is -2.36. The van der Waals surface area contributed by atoms with Gasteiger partial charge in [-0.2, -0.15) is 0 Å². The minimum atomic E-state index is -0.00774. The van der Waals surface area contributed by atoms with Crippen molar-refractivity contribution in [3.63, 3.8) is 0 Å². The summed E-state index contributed by atoms with van der Waals surface area (Å²) in [4.78, 5) is 27.5. The van der Waals surface area contributed by atoms with Crippen LogP contribution in [0.15, 0.2) is 54.2 Å². The van der Waals surface area contributed by atoms with Gasteiger partial charge in [0, 0.05) is 11.6 Å². The Labute approximate surface area is 174 Å². The van der Waals surface area contributed by atoms with Crippen LogP contribution in [0.5, 0.6) is 5.75 Å². The minimum Gasteiger partial charge on any atom is -0.497 e. The van der Waals surface area contributed by atoms with Gasteiger partial charge in [-0.05, 0) is 56.6 Å². The van der Waals surface area contributed by atoms with E-state index >= 15 is 0 Å². The number of hydrogen-bond acceptors (Lipinski definition) is 6. The third-order valence-corrected chi connectivity index (χ3v) is 6.10. The number of benzene rings is 1. The van der Waals surface area contributed by atoms with Crippen molar-refractivity contribution in [1.82, 2.24) is 14.9 Å². The van der Waals surface area contributed by atoms with Gasteiger partial charge < -0.3 is 9.64 Å². The topological polar surface area (TPSA) is 58.6 Å². The Morgan fingerprint density at radius 2 is 2.03 bits per heavy atom. The Bertz CT molecular complexity index is 968. The van der Waals surface area contributed by atoms with E-state index < -0.39 is 0 Å². The predicted octanol–water partition coefficient (Wildman–Crippen LogP) is 3.95. The van der Waals surface area contributed by atoms with Gasteiger partial charge in [-0.1, -0.05) is 18.2 Å². The summed E-state index contributed by atoms with van der Waals surface area (Å²) >= 11 is 1.46. The number of amides is 1. The fourth-order valence-electron chi connectivity index (χ4n) is 3.62. The molecule has 1 aromatic carbocycles. The van der Waals surface area contributed by atoms with Crippen molar-refractivity contribution in [2.45, 2.75) is 18.9 Å². The van der Waals surface area contributed by atoms with E-state index in [1.807, 2.05) is 46.7 Å². The molecule has 150 valence electrons. The number of anilines is 1. The van der Waals surface area contributed by atoms with E-state index in [9.17, 15) is 4.79 Å². The van der Waals surface area contributed by atoms with Gasteiger partial charge in [0.05, 0.1) is 30.1 Å². The molecule has 2 aromatic heterocycles. The number of thiophene rings is 1. The summed E-state index contributed by atoms with van der Waals surface area (Å²) in [6, 6.07) is 11.6. The number of carbonyl (C=O) groups is 1. The van der Waals surface area contributed by atoms with Crippen molar-refractivity contribution in [2.24, 2.45) is 0 Å². The van der Waals surface area contributed by atoms with Gasteiger partial charge in [0.2, 0.25) is 0 Å².